The molecule has 0 radical (unpaired) electrons. The van der Waals surface area contributed by atoms with Gasteiger partial charge in [-0.25, -0.2) is 4.79 Å². The molecule has 1 aliphatic heterocycles. The van der Waals surface area contributed by atoms with Crippen molar-refractivity contribution in [2.24, 2.45) is 5.92 Å². The number of nitrogens with one attached hydrogen (secondary N) is 2. The summed E-state index contributed by atoms with van der Waals surface area (Å²) in [6, 6.07) is 13.1. The minimum absolute atomic E-state index is 0.0586. The summed E-state index contributed by atoms with van der Waals surface area (Å²) in [6.07, 6.45) is 9.27. The van der Waals surface area contributed by atoms with Crippen LogP contribution >= 0.6 is 11.3 Å². The molecule has 0 unspecified atom stereocenters. The van der Waals surface area contributed by atoms with Gasteiger partial charge in [0.2, 0.25) is 5.91 Å². The Hall–Kier alpha value is -3.27. The number of ether oxygens (including phenoxy) is 2. The normalized spacial score (nSPS) is 21.8. The maximum Gasteiger partial charge on any atom is 0.408 e. The largest absolute Gasteiger partial charge is 0.444 e. The van der Waals surface area contributed by atoms with Crippen molar-refractivity contribution in [1.82, 2.24) is 15.2 Å². The standard InChI is InChI=1S/C36H46N4O4S/c1-35(2,3)44-34(42)39-36(14-4-15-36)28-9-7-26(8-10-28)33-31(27-13-20-45-24-27)22-29(23-37-33)38-32(41)21-25-5-11-30(12-6-25)40-16-18-43-19-17-40/h7-10,13,20,22-25,30H,4-6,11-12,14-19,21H2,1-3H3,(H,38,41)(H,39,42). The molecule has 240 valence electrons. The quantitative estimate of drug-likeness (QED) is 0.266. The van der Waals surface area contributed by atoms with Crippen molar-refractivity contribution in [3.8, 4) is 22.4 Å². The van der Waals surface area contributed by atoms with E-state index in [1.165, 1.54) is 0 Å². The number of benzene rings is 1. The van der Waals surface area contributed by atoms with Gasteiger partial charge >= 0.3 is 6.09 Å². The first-order valence-corrected chi connectivity index (χ1v) is 17.4. The molecule has 2 N–H and O–H groups in total. The van der Waals surface area contributed by atoms with Crippen molar-refractivity contribution < 1.29 is 19.1 Å². The number of nitrogens with zero attached hydrogens (tertiary/aromatic N) is 2. The Bertz CT molecular complexity index is 1450. The second-order valence-electron chi connectivity index (χ2n) is 13.8. The maximum absolute atomic E-state index is 13.1. The zero-order valence-electron chi connectivity index (χ0n) is 26.8. The van der Waals surface area contributed by atoms with Crippen LogP contribution < -0.4 is 10.6 Å². The minimum atomic E-state index is -0.545. The van der Waals surface area contributed by atoms with Gasteiger partial charge < -0.3 is 20.1 Å². The summed E-state index contributed by atoms with van der Waals surface area (Å²) in [5.41, 5.74) is 4.76. The van der Waals surface area contributed by atoms with Crippen molar-refractivity contribution in [1.29, 1.82) is 0 Å². The van der Waals surface area contributed by atoms with E-state index in [0.717, 1.165) is 105 Å². The van der Waals surface area contributed by atoms with Crippen LogP contribution in [0, 0.1) is 5.92 Å². The molecule has 6 rings (SSSR count). The topological polar surface area (TPSA) is 92.8 Å². The highest BCUT2D eigenvalue weighted by Gasteiger charge is 2.41. The van der Waals surface area contributed by atoms with Crippen LogP contribution in [-0.4, -0.2) is 59.8 Å². The van der Waals surface area contributed by atoms with Crippen molar-refractivity contribution >= 4 is 29.0 Å². The molecule has 3 fully saturated rings. The van der Waals surface area contributed by atoms with E-state index >= 15 is 0 Å². The van der Waals surface area contributed by atoms with Crippen LogP contribution in [0.25, 0.3) is 22.4 Å². The fourth-order valence-electron chi connectivity index (χ4n) is 6.99. The molecule has 1 aromatic carbocycles. The molecule has 0 atom stereocenters. The lowest BCUT2D eigenvalue weighted by atomic mass is 9.71. The maximum atomic E-state index is 13.1. The van der Waals surface area contributed by atoms with Crippen LogP contribution in [0.1, 0.15) is 77.7 Å². The van der Waals surface area contributed by atoms with Gasteiger partial charge in [-0.15, -0.1) is 0 Å². The number of aromatic nitrogens is 1. The lowest BCUT2D eigenvalue weighted by Crippen LogP contribution is -2.52. The molecule has 3 aliphatic rings. The smallest absolute Gasteiger partial charge is 0.408 e. The Labute approximate surface area is 270 Å². The zero-order valence-corrected chi connectivity index (χ0v) is 27.6. The first-order chi connectivity index (χ1) is 21.7. The average molecular weight is 631 g/mol. The summed E-state index contributed by atoms with van der Waals surface area (Å²) in [7, 11) is 0. The van der Waals surface area contributed by atoms with Gasteiger partial charge in [0, 0.05) is 36.7 Å². The van der Waals surface area contributed by atoms with Crippen molar-refractivity contribution in [3.05, 3.63) is 58.9 Å². The van der Waals surface area contributed by atoms with Crippen molar-refractivity contribution in [2.75, 3.05) is 31.6 Å². The molecule has 45 heavy (non-hydrogen) atoms. The summed E-state index contributed by atoms with van der Waals surface area (Å²) >= 11 is 1.64. The van der Waals surface area contributed by atoms with Gasteiger partial charge in [0.25, 0.3) is 0 Å². The number of carbonyl (C=O) groups is 2. The highest BCUT2D eigenvalue weighted by atomic mass is 32.1. The number of morpholine rings is 1. The van der Waals surface area contributed by atoms with E-state index in [1.54, 1.807) is 17.5 Å². The first-order valence-electron chi connectivity index (χ1n) is 16.4. The van der Waals surface area contributed by atoms with Gasteiger partial charge in [-0.2, -0.15) is 11.3 Å². The summed E-state index contributed by atoms with van der Waals surface area (Å²) in [4.78, 5) is 33.2. The van der Waals surface area contributed by atoms with E-state index in [-0.39, 0.29) is 12.0 Å². The monoisotopic (exact) mass is 630 g/mol. The molecular formula is C36H46N4O4S. The molecule has 2 amide bonds. The Kier molecular flexibility index (Phi) is 9.59. The fraction of sp³-hybridized carbons (Fsp3) is 0.528. The van der Waals surface area contributed by atoms with E-state index in [2.05, 4.69) is 56.6 Å². The number of alkyl carbamates (subject to hydrolysis) is 1. The second kappa shape index (κ2) is 13.6. The van der Waals surface area contributed by atoms with Crippen LogP contribution in [0.15, 0.2) is 53.4 Å². The number of amides is 2. The number of anilines is 1. The van der Waals surface area contributed by atoms with Crippen LogP contribution in [0.5, 0.6) is 0 Å². The summed E-state index contributed by atoms with van der Waals surface area (Å²) < 4.78 is 11.1. The number of thiophene rings is 1. The minimum Gasteiger partial charge on any atom is -0.444 e. The highest BCUT2D eigenvalue weighted by molar-refractivity contribution is 7.08. The van der Waals surface area contributed by atoms with Gasteiger partial charge in [0.1, 0.15) is 5.60 Å². The van der Waals surface area contributed by atoms with Crippen LogP contribution in [0.4, 0.5) is 10.5 Å². The predicted octanol–water partition coefficient (Wildman–Crippen LogP) is 7.60. The number of pyridine rings is 1. The Balaban J connectivity index is 1.12. The predicted molar refractivity (Wildman–Crippen MR) is 179 cm³/mol. The van der Waals surface area contributed by atoms with E-state index < -0.39 is 11.1 Å². The third-order valence-corrected chi connectivity index (χ3v) is 10.2. The molecule has 9 heteroatoms. The third-order valence-electron chi connectivity index (χ3n) is 9.51. The average Bonchev–Trinajstić information content (AvgIpc) is 3.54. The lowest BCUT2D eigenvalue weighted by Gasteiger charge is -2.43. The van der Waals surface area contributed by atoms with Gasteiger partial charge in [-0.05, 0) is 106 Å². The summed E-state index contributed by atoms with van der Waals surface area (Å²) in [6.45, 7) is 9.36. The van der Waals surface area contributed by atoms with Gasteiger partial charge in [0.05, 0.1) is 36.3 Å². The van der Waals surface area contributed by atoms with Crippen LogP contribution in [0.2, 0.25) is 0 Å². The molecule has 3 heterocycles. The molecule has 2 saturated carbocycles. The molecule has 3 aromatic rings. The van der Waals surface area contributed by atoms with Gasteiger partial charge in [-0.3, -0.25) is 14.7 Å². The van der Waals surface area contributed by atoms with Gasteiger partial charge in [0.15, 0.2) is 0 Å². The summed E-state index contributed by atoms with van der Waals surface area (Å²) in [5.74, 6) is 0.483. The van der Waals surface area contributed by atoms with E-state index in [0.29, 0.717) is 18.4 Å². The molecule has 8 nitrogen and oxygen atoms in total. The lowest BCUT2D eigenvalue weighted by molar-refractivity contribution is -0.117. The van der Waals surface area contributed by atoms with Crippen molar-refractivity contribution in [2.45, 2.75) is 89.3 Å². The Morgan fingerprint density at radius 3 is 2.40 bits per heavy atom. The van der Waals surface area contributed by atoms with E-state index in [1.807, 2.05) is 26.8 Å². The van der Waals surface area contributed by atoms with Crippen LogP contribution in [0.3, 0.4) is 0 Å². The fourth-order valence-corrected chi connectivity index (χ4v) is 7.65. The number of rotatable bonds is 8. The number of carbonyl (C=O) groups excluding carboxylic acids is 2. The molecule has 1 saturated heterocycles. The van der Waals surface area contributed by atoms with E-state index in [9.17, 15) is 9.59 Å². The van der Waals surface area contributed by atoms with Gasteiger partial charge in [-0.1, -0.05) is 24.3 Å². The molecule has 0 spiro atoms. The number of hydrogen-bond donors (Lipinski definition) is 2. The molecule has 2 aliphatic carbocycles. The van der Waals surface area contributed by atoms with Crippen LogP contribution in [-0.2, 0) is 19.8 Å². The highest BCUT2D eigenvalue weighted by Crippen LogP contribution is 2.43. The third kappa shape index (κ3) is 7.76. The number of hydrogen-bond acceptors (Lipinski definition) is 7. The van der Waals surface area contributed by atoms with Crippen molar-refractivity contribution in [3.63, 3.8) is 0 Å². The zero-order chi connectivity index (χ0) is 31.4. The Morgan fingerprint density at radius 2 is 1.78 bits per heavy atom. The first kappa shape index (κ1) is 31.7. The summed E-state index contributed by atoms with van der Waals surface area (Å²) in [5, 5.41) is 10.5. The second-order valence-corrected chi connectivity index (χ2v) is 14.6. The Morgan fingerprint density at radius 1 is 1.04 bits per heavy atom. The van der Waals surface area contributed by atoms with E-state index in [4.69, 9.17) is 14.5 Å². The SMILES string of the molecule is CC(C)(C)OC(=O)NC1(c2ccc(-c3ncc(NC(=O)CC4CCC(N5CCOCC5)CC4)cc3-c3ccsc3)cc2)CCC1. The molecular weight excluding hydrogens is 584 g/mol. The molecule has 0 bridgehead atoms. The molecule has 2 aromatic heterocycles.